The van der Waals surface area contributed by atoms with Crippen LogP contribution in [0.4, 0.5) is 0 Å². The molecule has 0 spiro atoms. The van der Waals surface area contributed by atoms with Gasteiger partial charge in [-0.15, -0.1) is 0 Å². The summed E-state index contributed by atoms with van der Waals surface area (Å²) in [6.07, 6.45) is 3.27. The molecule has 17 heavy (non-hydrogen) atoms. The Morgan fingerprint density at radius 3 is 3.12 bits per heavy atom. The lowest BCUT2D eigenvalue weighted by molar-refractivity contribution is 0.353. The Labute approximate surface area is 109 Å². The van der Waals surface area contributed by atoms with Gasteiger partial charge in [0.2, 0.25) is 0 Å². The first kappa shape index (κ1) is 11.1. The summed E-state index contributed by atoms with van der Waals surface area (Å²) in [5.74, 6) is 2.20. The summed E-state index contributed by atoms with van der Waals surface area (Å²) in [5.41, 5.74) is 2.53. The van der Waals surface area contributed by atoms with Gasteiger partial charge in [0.1, 0.15) is 5.75 Å². The Bertz CT molecular complexity index is 471. The number of nitrogens with one attached hydrogen (secondary N) is 1. The maximum Gasteiger partial charge on any atom is 0.127 e. The molecule has 3 rings (SSSR count). The quantitative estimate of drug-likeness (QED) is 0.910. The van der Waals surface area contributed by atoms with E-state index < -0.39 is 0 Å². The Morgan fingerprint density at radius 1 is 1.35 bits per heavy atom. The number of aliphatic imine (C=N–C) groups is 1. The van der Waals surface area contributed by atoms with Gasteiger partial charge < -0.3 is 10.1 Å². The number of rotatable bonds is 2. The van der Waals surface area contributed by atoms with Crippen molar-refractivity contribution in [1.82, 2.24) is 5.32 Å². The van der Waals surface area contributed by atoms with E-state index in [2.05, 4.69) is 38.4 Å². The van der Waals surface area contributed by atoms with Crippen LogP contribution in [-0.4, -0.2) is 19.0 Å². The topological polar surface area (TPSA) is 33.6 Å². The van der Waals surface area contributed by atoms with Gasteiger partial charge >= 0.3 is 0 Å². The van der Waals surface area contributed by atoms with Crippen molar-refractivity contribution in [3.63, 3.8) is 0 Å². The number of ether oxygens (including phenoxy) is 1. The lowest BCUT2D eigenvalue weighted by atomic mass is 10.1. The average molecular weight is 295 g/mol. The lowest BCUT2D eigenvalue weighted by Crippen LogP contribution is -2.20. The van der Waals surface area contributed by atoms with Crippen LogP contribution in [0.15, 0.2) is 21.6 Å². The molecule has 2 aliphatic heterocycles. The van der Waals surface area contributed by atoms with Gasteiger partial charge in [0, 0.05) is 36.0 Å². The van der Waals surface area contributed by atoms with E-state index in [1.54, 1.807) is 0 Å². The van der Waals surface area contributed by atoms with Crippen molar-refractivity contribution in [2.45, 2.75) is 25.8 Å². The van der Waals surface area contributed by atoms with Gasteiger partial charge in [-0.25, -0.2) is 0 Å². The molecule has 3 nitrogen and oxygen atoms in total. The molecular formula is C13H15BrN2O. The second-order valence-corrected chi connectivity index (χ2v) is 5.35. The van der Waals surface area contributed by atoms with E-state index >= 15 is 0 Å². The molecule has 0 bridgehead atoms. The molecule has 0 amide bonds. The number of hydrogen-bond acceptors (Lipinski definition) is 3. The van der Waals surface area contributed by atoms with E-state index in [1.807, 2.05) is 0 Å². The van der Waals surface area contributed by atoms with Crippen molar-refractivity contribution >= 4 is 21.8 Å². The smallest absolute Gasteiger partial charge is 0.127 e. The predicted molar refractivity (Wildman–Crippen MR) is 71.7 cm³/mol. The highest BCUT2D eigenvalue weighted by Gasteiger charge is 2.17. The third kappa shape index (κ3) is 2.32. The molecule has 0 saturated carbocycles. The Morgan fingerprint density at radius 2 is 2.29 bits per heavy atom. The zero-order valence-corrected chi connectivity index (χ0v) is 11.2. The maximum absolute atomic E-state index is 5.70. The Balaban J connectivity index is 1.78. The van der Waals surface area contributed by atoms with Crippen molar-refractivity contribution < 1.29 is 4.74 Å². The average Bonchev–Trinajstić information content (AvgIpc) is 2.95. The molecule has 2 heterocycles. The molecule has 0 aliphatic carbocycles. The zero-order chi connectivity index (χ0) is 11.7. The first-order chi connectivity index (χ1) is 8.33. The predicted octanol–water partition coefficient (Wildman–Crippen LogP) is 2.67. The van der Waals surface area contributed by atoms with E-state index in [0.29, 0.717) is 0 Å². The van der Waals surface area contributed by atoms with Gasteiger partial charge in [-0.1, -0.05) is 15.9 Å². The maximum atomic E-state index is 5.70. The first-order valence-electron chi connectivity index (χ1n) is 6.04. The monoisotopic (exact) mass is 294 g/mol. The van der Waals surface area contributed by atoms with E-state index in [-0.39, 0.29) is 0 Å². The summed E-state index contributed by atoms with van der Waals surface area (Å²) >= 11 is 3.56. The van der Waals surface area contributed by atoms with Crippen molar-refractivity contribution in [3.05, 3.63) is 27.7 Å². The molecule has 1 aromatic carbocycles. The second-order valence-electron chi connectivity index (χ2n) is 4.44. The van der Waals surface area contributed by atoms with Gasteiger partial charge in [-0.2, -0.15) is 0 Å². The molecule has 0 unspecified atom stereocenters. The third-order valence-corrected chi connectivity index (χ3v) is 3.64. The molecule has 0 aromatic heterocycles. The largest absolute Gasteiger partial charge is 0.493 e. The van der Waals surface area contributed by atoms with Crippen LogP contribution in [0.25, 0.3) is 0 Å². The number of benzene rings is 1. The van der Waals surface area contributed by atoms with E-state index in [9.17, 15) is 0 Å². The van der Waals surface area contributed by atoms with Crippen LogP contribution < -0.4 is 10.1 Å². The van der Waals surface area contributed by atoms with Crippen LogP contribution in [0.2, 0.25) is 0 Å². The molecule has 1 N–H and O–H groups in total. The number of nitrogens with zero attached hydrogens (tertiary/aromatic N) is 1. The summed E-state index contributed by atoms with van der Waals surface area (Å²) in [6, 6.07) is 4.28. The lowest BCUT2D eigenvalue weighted by Gasteiger charge is -2.11. The summed E-state index contributed by atoms with van der Waals surface area (Å²) in [6.45, 7) is 2.58. The first-order valence-corrected chi connectivity index (χ1v) is 6.83. The van der Waals surface area contributed by atoms with Crippen LogP contribution in [0.3, 0.4) is 0 Å². The van der Waals surface area contributed by atoms with Gasteiger partial charge in [0.05, 0.1) is 12.4 Å². The minimum atomic E-state index is 0.805. The van der Waals surface area contributed by atoms with Crippen LogP contribution in [0.1, 0.15) is 24.0 Å². The van der Waals surface area contributed by atoms with Gasteiger partial charge in [0.15, 0.2) is 0 Å². The van der Waals surface area contributed by atoms with Crippen molar-refractivity contribution in [3.8, 4) is 5.75 Å². The molecule has 0 fully saturated rings. The van der Waals surface area contributed by atoms with Crippen molar-refractivity contribution in [1.29, 1.82) is 0 Å². The number of hydrogen-bond donors (Lipinski definition) is 1. The fourth-order valence-corrected chi connectivity index (χ4v) is 2.91. The molecule has 2 aliphatic rings. The fraction of sp³-hybridized carbons (Fsp3) is 0.462. The van der Waals surface area contributed by atoms with Crippen LogP contribution in [0.5, 0.6) is 5.75 Å². The highest BCUT2D eigenvalue weighted by Crippen LogP contribution is 2.32. The second kappa shape index (κ2) is 4.69. The summed E-state index contributed by atoms with van der Waals surface area (Å²) in [4.78, 5) is 4.42. The normalized spacial score (nSPS) is 17.6. The fourth-order valence-electron chi connectivity index (χ4n) is 2.36. The van der Waals surface area contributed by atoms with Crippen molar-refractivity contribution in [2.24, 2.45) is 4.99 Å². The summed E-state index contributed by atoms with van der Waals surface area (Å²) < 4.78 is 6.83. The molecule has 1 aromatic rings. The van der Waals surface area contributed by atoms with Crippen molar-refractivity contribution in [2.75, 3.05) is 13.2 Å². The third-order valence-electron chi connectivity index (χ3n) is 3.18. The molecular weight excluding hydrogens is 280 g/mol. The van der Waals surface area contributed by atoms with E-state index in [4.69, 9.17) is 4.74 Å². The summed E-state index contributed by atoms with van der Waals surface area (Å²) in [7, 11) is 0. The number of amidine groups is 1. The number of halogens is 1. The van der Waals surface area contributed by atoms with Crippen LogP contribution in [-0.2, 0) is 13.0 Å². The van der Waals surface area contributed by atoms with Gasteiger partial charge in [0.25, 0.3) is 0 Å². The molecule has 0 radical (unpaired) electrons. The standard InChI is InChI=1S/C13H15BrN2O/c14-11-6-9-3-5-17-13(9)10(7-11)8-16-12-2-1-4-15-12/h6-7H,1-5,8H2,(H,15,16). The molecule has 90 valence electrons. The zero-order valence-electron chi connectivity index (χ0n) is 9.63. The van der Waals surface area contributed by atoms with Gasteiger partial charge in [-0.3, -0.25) is 4.99 Å². The van der Waals surface area contributed by atoms with Crippen LogP contribution >= 0.6 is 15.9 Å². The van der Waals surface area contributed by atoms with E-state index in [1.165, 1.54) is 17.5 Å². The number of fused-ring (bicyclic) bond motifs is 1. The Hall–Kier alpha value is -1.03. The highest BCUT2D eigenvalue weighted by atomic mass is 79.9. The molecule has 0 atom stereocenters. The highest BCUT2D eigenvalue weighted by molar-refractivity contribution is 9.10. The summed E-state index contributed by atoms with van der Waals surface area (Å²) in [5, 5.41) is 3.40. The SMILES string of the molecule is Brc1cc2c(c(CNC3=NCCC3)c1)OCC2. The minimum Gasteiger partial charge on any atom is -0.493 e. The Kier molecular flexibility index (Phi) is 3.05. The molecule has 0 saturated heterocycles. The van der Waals surface area contributed by atoms with Crippen LogP contribution in [0, 0.1) is 0 Å². The van der Waals surface area contributed by atoms with Gasteiger partial charge in [-0.05, 0) is 24.1 Å². The van der Waals surface area contributed by atoms with E-state index in [0.717, 1.165) is 48.6 Å². The molecule has 4 heteroatoms. The minimum absolute atomic E-state index is 0.805.